The molecule has 0 bridgehead atoms. The van der Waals surface area contributed by atoms with Gasteiger partial charge in [-0.15, -0.1) is 5.10 Å². The molecule has 3 heterocycles. The molecule has 1 N–H and O–H groups in total. The molecular formula is C21H20F3N7O. The van der Waals surface area contributed by atoms with Crippen LogP contribution in [0.25, 0.3) is 5.78 Å². The molecule has 166 valence electrons. The highest BCUT2D eigenvalue weighted by Gasteiger charge is 2.37. The summed E-state index contributed by atoms with van der Waals surface area (Å²) in [4.78, 5) is 20.2. The van der Waals surface area contributed by atoms with Gasteiger partial charge in [-0.1, -0.05) is 24.3 Å². The van der Waals surface area contributed by atoms with Crippen LogP contribution in [0.4, 0.5) is 13.2 Å². The Morgan fingerprint density at radius 2 is 1.84 bits per heavy atom. The number of alkyl halides is 3. The van der Waals surface area contributed by atoms with Gasteiger partial charge >= 0.3 is 6.18 Å². The van der Waals surface area contributed by atoms with E-state index in [9.17, 15) is 18.0 Å². The monoisotopic (exact) mass is 443 g/mol. The molecule has 3 aromatic heterocycles. The number of aromatic nitrogens is 6. The molecule has 0 saturated carbocycles. The summed E-state index contributed by atoms with van der Waals surface area (Å²) in [5.41, 5.74) is 3.31. The number of carbonyl (C=O) groups is 1. The summed E-state index contributed by atoms with van der Waals surface area (Å²) >= 11 is 0. The van der Waals surface area contributed by atoms with E-state index in [2.05, 4.69) is 25.5 Å². The third kappa shape index (κ3) is 4.46. The van der Waals surface area contributed by atoms with Crippen LogP contribution in [0, 0.1) is 13.8 Å². The predicted octanol–water partition coefficient (Wildman–Crippen LogP) is 2.86. The first kappa shape index (κ1) is 21.5. The van der Waals surface area contributed by atoms with Crippen molar-refractivity contribution in [2.45, 2.75) is 39.5 Å². The van der Waals surface area contributed by atoms with Crippen molar-refractivity contribution in [1.82, 2.24) is 34.7 Å². The van der Waals surface area contributed by atoms with Gasteiger partial charge in [0.1, 0.15) is 0 Å². The zero-order valence-electron chi connectivity index (χ0n) is 17.4. The number of benzene rings is 1. The maximum atomic E-state index is 12.9. The van der Waals surface area contributed by atoms with Crippen LogP contribution in [0.15, 0.2) is 42.7 Å². The van der Waals surface area contributed by atoms with E-state index in [-0.39, 0.29) is 18.1 Å². The van der Waals surface area contributed by atoms with Crippen LogP contribution in [0.1, 0.15) is 33.9 Å². The van der Waals surface area contributed by atoms with Crippen molar-refractivity contribution in [3.8, 4) is 0 Å². The van der Waals surface area contributed by atoms with Crippen molar-refractivity contribution in [2.75, 3.05) is 0 Å². The van der Waals surface area contributed by atoms with Crippen LogP contribution in [0.5, 0.6) is 0 Å². The fourth-order valence-electron chi connectivity index (χ4n) is 3.45. The number of nitrogens with one attached hydrogen (secondary N) is 1. The van der Waals surface area contributed by atoms with Crippen LogP contribution in [0.2, 0.25) is 0 Å². The molecule has 4 aromatic rings. The van der Waals surface area contributed by atoms with Gasteiger partial charge in [0.15, 0.2) is 0 Å². The van der Waals surface area contributed by atoms with Crippen molar-refractivity contribution in [2.24, 2.45) is 0 Å². The Hall–Kier alpha value is -3.76. The number of rotatable bonds is 6. The molecule has 0 saturated heterocycles. The number of aryl methyl sites for hydroxylation is 2. The van der Waals surface area contributed by atoms with Gasteiger partial charge in [0.05, 0.1) is 13.0 Å². The molecule has 0 unspecified atom stereocenters. The third-order valence-corrected chi connectivity index (χ3v) is 5.13. The molecule has 1 aromatic carbocycles. The molecule has 0 radical (unpaired) electrons. The molecule has 0 fully saturated rings. The number of carbonyl (C=O) groups excluding carboxylic acids is 1. The van der Waals surface area contributed by atoms with Crippen molar-refractivity contribution in [3.63, 3.8) is 0 Å². The summed E-state index contributed by atoms with van der Waals surface area (Å²) < 4.78 is 41.7. The Morgan fingerprint density at radius 3 is 2.53 bits per heavy atom. The zero-order valence-corrected chi connectivity index (χ0v) is 17.4. The first-order chi connectivity index (χ1) is 15.2. The van der Waals surface area contributed by atoms with Gasteiger partial charge in [-0.05, 0) is 31.0 Å². The lowest BCUT2D eigenvalue weighted by Crippen LogP contribution is -2.26. The summed E-state index contributed by atoms with van der Waals surface area (Å²) in [6.07, 6.45) is -1.15. The lowest BCUT2D eigenvalue weighted by atomic mass is 10.1. The van der Waals surface area contributed by atoms with Crippen LogP contribution in [-0.4, -0.2) is 35.3 Å². The molecule has 0 atom stereocenters. The summed E-state index contributed by atoms with van der Waals surface area (Å²) in [6, 6.07) is 9.55. The first-order valence-electron chi connectivity index (χ1n) is 9.83. The molecule has 0 spiro atoms. The normalized spacial score (nSPS) is 11.8. The number of halogens is 3. The maximum Gasteiger partial charge on any atom is 0.453 e. The van der Waals surface area contributed by atoms with E-state index in [1.165, 1.54) is 0 Å². The topological polar surface area (TPSA) is 90.0 Å². The number of amides is 1. The second kappa shape index (κ2) is 8.40. The van der Waals surface area contributed by atoms with E-state index in [1.807, 2.05) is 36.5 Å². The average molecular weight is 443 g/mol. The van der Waals surface area contributed by atoms with E-state index < -0.39 is 12.0 Å². The standard InChI is InChI=1S/C21H20F3N7O/c1-13-17(14(2)31-20(27-13)28-19(29-31)21(22,23)24)10-18(32)25-11-15-6-3-4-7-16(15)12-30-9-5-8-26-30/h3-9H,10-12H2,1-2H3,(H,25,32). The SMILES string of the molecule is Cc1nc2nc(C(F)(F)F)nn2c(C)c1CC(=O)NCc1ccccc1Cn1cccn1. The van der Waals surface area contributed by atoms with Crippen molar-refractivity contribution >= 4 is 11.7 Å². The Labute approximate surface area is 181 Å². The Kier molecular flexibility index (Phi) is 5.64. The summed E-state index contributed by atoms with van der Waals surface area (Å²) in [7, 11) is 0. The Bertz CT molecular complexity index is 1260. The van der Waals surface area contributed by atoms with E-state index in [4.69, 9.17) is 0 Å². The maximum absolute atomic E-state index is 12.9. The Balaban J connectivity index is 1.49. The minimum absolute atomic E-state index is 0.0386. The molecule has 32 heavy (non-hydrogen) atoms. The van der Waals surface area contributed by atoms with Crippen LogP contribution in [0.3, 0.4) is 0 Å². The Morgan fingerprint density at radius 1 is 1.09 bits per heavy atom. The minimum Gasteiger partial charge on any atom is -0.352 e. The third-order valence-electron chi connectivity index (χ3n) is 5.13. The first-order valence-corrected chi connectivity index (χ1v) is 9.83. The van der Waals surface area contributed by atoms with Crippen LogP contribution < -0.4 is 5.32 Å². The van der Waals surface area contributed by atoms with Gasteiger partial charge in [0.2, 0.25) is 5.91 Å². The zero-order chi connectivity index (χ0) is 22.9. The molecule has 1 amide bonds. The molecule has 0 aliphatic heterocycles. The quantitative estimate of drug-likeness (QED) is 0.495. The molecule has 8 nitrogen and oxygen atoms in total. The van der Waals surface area contributed by atoms with Gasteiger partial charge in [-0.3, -0.25) is 9.48 Å². The van der Waals surface area contributed by atoms with Gasteiger partial charge in [0.25, 0.3) is 11.6 Å². The molecular weight excluding hydrogens is 423 g/mol. The van der Waals surface area contributed by atoms with E-state index in [0.29, 0.717) is 30.0 Å². The van der Waals surface area contributed by atoms with Crippen LogP contribution in [-0.2, 0) is 30.5 Å². The highest BCUT2D eigenvalue weighted by atomic mass is 19.4. The van der Waals surface area contributed by atoms with Gasteiger partial charge in [-0.2, -0.15) is 23.3 Å². The molecule has 11 heteroatoms. The van der Waals surface area contributed by atoms with Gasteiger partial charge in [-0.25, -0.2) is 9.50 Å². The van der Waals surface area contributed by atoms with Gasteiger partial charge < -0.3 is 5.32 Å². The van der Waals surface area contributed by atoms with Crippen molar-refractivity contribution < 1.29 is 18.0 Å². The summed E-state index contributed by atoms with van der Waals surface area (Å²) in [5.74, 6) is -1.69. The predicted molar refractivity (Wildman–Crippen MR) is 109 cm³/mol. The lowest BCUT2D eigenvalue weighted by molar-refractivity contribution is -0.144. The smallest absolute Gasteiger partial charge is 0.352 e. The number of nitrogens with zero attached hydrogens (tertiary/aromatic N) is 6. The highest BCUT2D eigenvalue weighted by molar-refractivity contribution is 5.79. The fourth-order valence-corrected chi connectivity index (χ4v) is 3.45. The fraction of sp³-hybridized carbons (Fsp3) is 0.286. The van der Waals surface area contributed by atoms with E-state index in [0.717, 1.165) is 15.6 Å². The second-order valence-corrected chi connectivity index (χ2v) is 7.33. The average Bonchev–Trinajstić information content (AvgIpc) is 3.40. The lowest BCUT2D eigenvalue weighted by Gasteiger charge is -2.13. The second-order valence-electron chi connectivity index (χ2n) is 7.33. The number of hydrogen-bond acceptors (Lipinski definition) is 5. The minimum atomic E-state index is -4.67. The van der Waals surface area contributed by atoms with Gasteiger partial charge in [0, 0.05) is 35.9 Å². The number of hydrogen-bond donors (Lipinski definition) is 1. The van der Waals surface area contributed by atoms with Crippen molar-refractivity contribution in [3.05, 3.63) is 76.6 Å². The van der Waals surface area contributed by atoms with Crippen molar-refractivity contribution in [1.29, 1.82) is 0 Å². The summed E-state index contributed by atoms with van der Waals surface area (Å²) in [5, 5.41) is 10.6. The van der Waals surface area contributed by atoms with E-state index in [1.54, 1.807) is 24.7 Å². The van der Waals surface area contributed by atoms with Crippen LogP contribution >= 0.6 is 0 Å². The molecule has 0 aliphatic rings. The molecule has 4 rings (SSSR count). The van der Waals surface area contributed by atoms with E-state index >= 15 is 0 Å². The largest absolute Gasteiger partial charge is 0.453 e. The summed E-state index contributed by atoms with van der Waals surface area (Å²) in [6.45, 7) is 4.12. The number of fused-ring (bicyclic) bond motifs is 1. The molecule has 0 aliphatic carbocycles. The highest BCUT2D eigenvalue weighted by Crippen LogP contribution is 2.27.